The Kier molecular flexibility index (Phi) is 5.72. The number of aryl methyl sites for hydroxylation is 2. The van der Waals surface area contributed by atoms with Crippen molar-refractivity contribution in [3.63, 3.8) is 0 Å². The van der Waals surface area contributed by atoms with Crippen LogP contribution in [0.1, 0.15) is 16.7 Å². The summed E-state index contributed by atoms with van der Waals surface area (Å²) in [5.74, 6) is 0. The van der Waals surface area contributed by atoms with Crippen molar-refractivity contribution in [3.8, 4) is 0 Å². The molecule has 3 aromatic rings. The SMILES string of the molecule is Cc1ccc2c(CN3CCN(S(=O)(=O)c4cccc(Cl)c4)CC3)cc(=O)oc2c1C. The van der Waals surface area contributed by atoms with Gasteiger partial charge in [0.1, 0.15) is 5.58 Å². The summed E-state index contributed by atoms with van der Waals surface area (Å²) < 4.78 is 32.7. The molecule has 2 heterocycles. The maximum absolute atomic E-state index is 12.9. The molecular weight excluding hydrogens is 424 g/mol. The third-order valence-corrected chi connectivity index (χ3v) is 7.81. The minimum atomic E-state index is -3.58. The number of hydrogen-bond donors (Lipinski definition) is 0. The molecule has 0 unspecified atom stereocenters. The van der Waals surface area contributed by atoms with Gasteiger partial charge in [0.15, 0.2) is 0 Å². The molecule has 1 aliphatic heterocycles. The quantitative estimate of drug-likeness (QED) is 0.573. The van der Waals surface area contributed by atoms with Crippen LogP contribution in [0.4, 0.5) is 0 Å². The Morgan fingerprint density at radius 3 is 2.47 bits per heavy atom. The Hall–Kier alpha value is -2.19. The average molecular weight is 447 g/mol. The van der Waals surface area contributed by atoms with Gasteiger partial charge >= 0.3 is 5.63 Å². The average Bonchev–Trinajstić information content (AvgIpc) is 2.71. The molecule has 0 N–H and O–H groups in total. The lowest BCUT2D eigenvalue weighted by Gasteiger charge is -2.34. The predicted molar refractivity (Wildman–Crippen MR) is 117 cm³/mol. The van der Waals surface area contributed by atoms with Gasteiger partial charge in [0.25, 0.3) is 0 Å². The number of hydrogen-bond acceptors (Lipinski definition) is 5. The summed E-state index contributed by atoms with van der Waals surface area (Å²) in [6, 6.07) is 11.9. The molecule has 8 heteroatoms. The van der Waals surface area contributed by atoms with Crippen LogP contribution in [-0.4, -0.2) is 43.8 Å². The number of sulfonamides is 1. The lowest BCUT2D eigenvalue weighted by Crippen LogP contribution is -2.48. The highest BCUT2D eigenvalue weighted by Gasteiger charge is 2.29. The number of halogens is 1. The lowest BCUT2D eigenvalue weighted by atomic mass is 10.0. The number of piperazine rings is 1. The van der Waals surface area contributed by atoms with E-state index in [2.05, 4.69) is 4.90 Å². The summed E-state index contributed by atoms with van der Waals surface area (Å²) in [5.41, 5.74) is 3.19. The van der Waals surface area contributed by atoms with Gasteiger partial charge in [0.05, 0.1) is 4.90 Å². The number of nitrogens with zero attached hydrogens (tertiary/aromatic N) is 2. The van der Waals surface area contributed by atoms with E-state index in [1.54, 1.807) is 18.2 Å². The van der Waals surface area contributed by atoms with Crippen LogP contribution in [0.15, 0.2) is 56.6 Å². The van der Waals surface area contributed by atoms with Gasteiger partial charge in [0, 0.05) is 49.2 Å². The molecule has 1 saturated heterocycles. The van der Waals surface area contributed by atoms with Gasteiger partial charge in [-0.2, -0.15) is 4.31 Å². The zero-order valence-corrected chi connectivity index (χ0v) is 18.5. The summed E-state index contributed by atoms with van der Waals surface area (Å²) in [5, 5.41) is 1.32. The fourth-order valence-corrected chi connectivity index (χ4v) is 5.52. The second kappa shape index (κ2) is 8.15. The van der Waals surface area contributed by atoms with Crippen molar-refractivity contribution in [2.45, 2.75) is 25.3 Å². The zero-order chi connectivity index (χ0) is 21.5. The molecule has 1 aliphatic rings. The van der Waals surface area contributed by atoms with Gasteiger partial charge < -0.3 is 4.42 Å². The summed E-state index contributed by atoms with van der Waals surface area (Å²) in [7, 11) is -3.58. The Morgan fingerprint density at radius 1 is 1.03 bits per heavy atom. The Bertz CT molecular complexity index is 1260. The molecule has 1 fully saturated rings. The highest BCUT2D eigenvalue weighted by atomic mass is 35.5. The van der Waals surface area contributed by atoms with Gasteiger partial charge in [-0.25, -0.2) is 13.2 Å². The second-order valence-electron chi connectivity index (χ2n) is 7.61. The van der Waals surface area contributed by atoms with Crippen molar-refractivity contribution >= 4 is 32.6 Å². The van der Waals surface area contributed by atoms with Crippen LogP contribution in [0.2, 0.25) is 5.02 Å². The van der Waals surface area contributed by atoms with E-state index in [4.69, 9.17) is 16.0 Å². The van der Waals surface area contributed by atoms with E-state index < -0.39 is 10.0 Å². The molecule has 0 radical (unpaired) electrons. The first-order chi connectivity index (χ1) is 14.3. The summed E-state index contributed by atoms with van der Waals surface area (Å²) in [4.78, 5) is 14.5. The first-order valence-electron chi connectivity index (χ1n) is 9.77. The molecule has 0 bridgehead atoms. The van der Waals surface area contributed by atoms with Crippen molar-refractivity contribution in [3.05, 3.63) is 74.6 Å². The minimum absolute atomic E-state index is 0.209. The van der Waals surface area contributed by atoms with Crippen LogP contribution in [0.5, 0.6) is 0 Å². The van der Waals surface area contributed by atoms with Crippen molar-refractivity contribution < 1.29 is 12.8 Å². The van der Waals surface area contributed by atoms with Gasteiger partial charge in [-0.15, -0.1) is 0 Å². The van der Waals surface area contributed by atoms with Gasteiger partial charge in [-0.3, -0.25) is 4.90 Å². The zero-order valence-electron chi connectivity index (χ0n) is 16.9. The lowest BCUT2D eigenvalue weighted by molar-refractivity contribution is 0.182. The Morgan fingerprint density at radius 2 is 1.77 bits per heavy atom. The molecule has 1 aromatic heterocycles. The van der Waals surface area contributed by atoms with Gasteiger partial charge in [-0.05, 0) is 48.7 Å². The molecule has 6 nitrogen and oxygen atoms in total. The van der Waals surface area contributed by atoms with Crippen molar-refractivity contribution in [2.75, 3.05) is 26.2 Å². The molecule has 158 valence electrons. The number of rotatable bonds is 4. The molecule has 30 heavy (non-hydrogen) atoms. The fraction of sp³-hybridized carbons (Fsp3) is 0.318. The maximum atomic E-state index is 12.9. The fourth-order valence-electron chi connectivity index (χ4n) is 3.80. The van der Waals surface area contributed by atoms with Crippen molar-refractivity contribution in [1.82, 2.24) is 9.21 Å². The van der Waals surface area contributed by atoms with Gasteiger partial charge in [0.2, 0.25) is 10.0 Å². The van der Waals surface area contributed by atoms with Crippen LogP contribution in [0, 0.1) is 13.8 Å². The maximum Gasteiger partial charge on any atom is 0.336 e. The topological polar surface area (TPSA) is 70.8 Å². The Balaban J connectivity index is 1.52. The van der Waals surface area contributed by atoms with E-state index in [9.17, 15) is 13.2 Å². The standard InChI is InChI=1S/C22H23ClN2O4S/c1-15-6-7-20-17(12-21(26)29-22(20)16(15)2)14-24-8-10-25(11-9-24)30(27,28)19-5-3-4-18(23)13-19/h3-7,12-13H,8-11,14H2,1-2H3. The largest absolute Gasteiger partial charge is 0.422 e. The predicted octanol–water partition coefficient (Wildman–Crippen LogP) is 3.57. The third kappa shape index (κ3) is 4.03. The highest BCUT2D eigenvalue weighted by molar-refractivity contribution is 7.89. The van der Waals surface area contributed by atoms with Crippen LogP contribution in [0.25, 0.3) is 11.0 Å². The van der Waals surface area contributed by atoms with E-state index in [1.165, 1.54) is 16.4 Å². The molecular formula is C22H23ClN2O4S. The molecule has 0 amide bonds. The number of fused-ring (bicyclic) bond motifs is 1. The Labute approximate surface area is 180 Å². The molecule has 4 rings (SSSR count). The van der Waals surface area contributed by atoms with Crippen molar-refractivity contribution in [1.29, 1.82) is 0 Å². The second-order valence-corrected chi connectivity index (χ2v) is 9.99. The van der Waals surface area contributed by atoms with E-state index in [1.807, 2.05) is 26.0 Å². The summed E-state index contributed by atoms with van der Waals surface area (Å²) >= 11 is 5.96. The van der Waals surface area contributed by atoms with Crippen LogP contribution < -0.4 is 5.63 Å². The van der Waals surface area contributed by atoms with E-state index in [0.717, 1.165) is 22.1 Å². The molecule has 0 atom stereocenters. The smallest absolute Gasteiger partial charge is 0.336 e. The normalized spacial score (nSPS) is 16.2. The molecule has 0 aliphatic carbocycles. The van der Waals surface area contributed by atoms with E-state index in [0.29, 0.717) is 43.3 Å². The molecule has 0 spiro atoms. The highest BCUT2D eigenvalue weighted by Crippen LogP contribution is 2.25. The first-order valence-corrected chi connectivity index (χ1v) is 11.6. The van der Waals surface area contributed by atoms with Gasteiger partial charge in [-0.1, -0.05) is 29.8 Å². The molecule has 0 saturated carbocycles. The summed E-state index contributed by atoms with van der Waals surface area (Å²) in [6.45, 7) is 6.41. The summed E-state index contributed by atoms with van der Waals surface area (Å²) in [6.07, 6.45) is 0. The van der Waals surface area contributed by atoms with Crippen LogP contribution >= 0.6 is 11.6 Å². The van der Waals surface area contributed by atoms with Crippen LogP contribution in [-0.2, 0) is 16.6 Å². The van der Waals surface area contributed by atoms with E-state index >= 15 is 0 Å². The van der Waals surface area contributed by atoms with Crippen molar-refractivity contribution in [2.24, 2.45) is 0 Å². The number of benzene rings is 2. The minimum Gasteiger partial charge on any atom is -0.422 e. The third-order valence-electron chi connectivity index (χ3n) is 5.68. The first kappa shape index (κ1) is 21.1. The van der Waals surface area contributed by atoms with Crippen LogP contribution in [0.3, 0.4) is 0 Å². The molecule has 2 aromatic carbocycles. The monoisotopic (exact) mass is 446 g/mol. The van der Waals surface area contributed by atoms with E-state index in [-0.39, 0.29) is 10.5 Å².